The maximum Gasteiger partial charge on any atom is 0.275 e. The summed E-state index contributed by atoms with van der Waals surface area (Å²) in [6, 6.07) is 0.420. The standard InChI is InChI=1S/C13H24N2O3S/c1-15(12-7-8-19(17,18)10-12)9-13(16)14-11-5-3-2-4-6-11/h11-12H,2-10H2,1H3,(H,14,16)/p+1/t12-/m1/s1. The van der Waals surface area contributed by atoms with E-state index in [-0.39, 0.29) is 23.5 Å². The third-order valence-corrected chi connectivity index (χ3v) is 6.11. The van der Waals surface area contributed by atoms with Crippen molar-refractivity contribution in [2.45, 2.75) is 50.6 Å². The van der Waals surface area contributed by atoms with E-state index < -0.39 is 9.84 Å². The summed E-state index contributed by atoms with van der Waals surface area (Å²) < 4.78 is 22.9. The molecule has 1 aliphatic heterocycles. The third kappa shape index (κ3) is 4.45. The number of rotatable bonds is 4. The van der Waals surface area contributed by atoms with Gasteiger partial charge in [0.15, 0.2) is 16.4 Å². The lowest BCUT2D eigenvalue weighted by molar-refractivity contribution is -0.894. The topological polar surface area (TPSA) is 67.7 Å². The monoisotopic (exact) mass is 289 g/mol. The van der Waals surface area contributed by atoms with Gasteiger partial charge >= 0.3 is 0 Å². The smallest absolute Gasteiger partial charge is 0.275 e. The van der Waals surface area contributed by atoms with Gasteiger partial charge in [0.25, 0.3) is 5.91 Å². The van der Waals surface area contributed by atoms with E-state index in [4.69, 9.17) is 0 Å². The van der Waals surface area contributed by atoms with Gasteiger partial charge in [-0.1, -0.05) is 19.3 Å². The fourth-order valence-electron chi connectivity index (χ4n) is 3.11. The molecule has 110 valence electrons. The molecule has 1 heterocycles. The zero-order chi connectivity index (χ0) is 13.9. The lowest BCUT2D eigenvalue weighted by Crippen LogP contribution is -3.14. The van der Waals surface area contributed by atoms with E-state index in [1.807, 2.05) is 7.05 Å². The molecule has 6 heteroatoms. The van der Waals surface area contributed by atoms with Gasteiger partial charge in [-0.05, 0) is 12.8 Å². The third-order valence-electron chi connectivity index (χ3n) is 4.34. The molecule has 0 radical (unpaired) electrons. The molecule has 0 spiro atoms. The van der Waals surface area contributed by atoms with E-state index in [1.54, 1.807) is 0 Å². The van der Waals surface area contributed by atoms with Crippen LogP contribution in [0.3, 0.4) is 0 Å². The maximum atomic E-state index is 12.0. The Hall–Kier alpha value is -0.620. The number of amides is 1. The molecule has 1 saturated carbocycles. The minimum absolute atomic E-state index is 0.0636. The predicted molar refractivity (Wildman–Crippen MR) is 73.8 cm³/mol. The van der Waals surface area contributed by atoms with Crippen molar-refractivity contribution in [3.05, 3.63) is 0 Å². The first-order valence-corrected chi connectivity index (χ1v) is 9.10. The quantitative estimate of drug-likeness (QED) is 0.707. The highest BCUT2D eigenvalue weighted by Crippen LogP contribution is 2.17. The van der Waals surface area contributed by atoms with Gasteiger partial charge in [0, 0.05) is 12.5 Å². The van der Waals surface area contributed by atoms with Crippen LogP contribution >= 0.6 is 0 Å². The van der Waals surface area contributed by atoms with Crippen LogP contribution in [0.5, 0.6) is 0 Å². The molecule has 1 unspecified atom stereocenters. The van der Waals surface area contributed by atoms with Gasteiger partial charge in [-0.2, -0.15) is 0 Å². The van der Waals surface area contributed by atoms with Crippen LogP contribution in [0.1, 0.15) is 38.5 Å². The highest BCUT2D eigenvalue weighted by molar-refractivity contribution is 7.91. The van der Waals surface area contributed by atoms with E-state index in [9.17, 15) is 13.2 Å². The minimum atomic E-state index is -2.86. The lowest BCUT2D eigenvalue weighted by atomic mass is 9.95. The van der Waals surface area contributed by atoms with Crippen molar-refractivity contribution in [2.75, 3.05) is 25.1 Å². The molecule has 0 aromatic heterocycles. The number of likely N-dealkylation sites (N-methyl/N-ethyl adjacent to an activating group) is 1. The predicted octanol–water partition coefficient (Wildman–Crippen LogP) is -0.863. The molecule has 0 aromatic rings. The highest BCUT2D eigenvalue weighted by Gasteiger charge is 2.34. The molecule has 19 heavy (non-hydrogen) atoms. The van der Waals surface area contributed by atoms with Crippen LogP contribution in [0.25, 0.3) is 0 Å². The highest BCUT2D eigenvalue weighted by atomic mass is 32.2. The molecule has 2 rings (SSSR count). The summed E-state index contributed by atoms with van der Waals surface area (Å²) in [6.45, 7) is 0.386. The Morgan fingerprint density at radius 2 is 1.89 bits per heavy atom. The number of quaternary nitrogens is 1. The summed E-state index contributed by atoms with van der Waals surface area (Å²) >= 11 is 0. The van der Waals surface area contributed by atoms with Crippen LogP contribution in [-0.2, 0) is 14.6 Å². The average Bonchev–Trinajstić information content (AvgIpc) is 2.71. The molecular formula is C13H25N2O3S+. The van der Waals surface area contributed by atoms with Gasteiger partial charge in [0.2, 0.25) is 0 Å². The SMILES string of the molecule is C[NH+](CC(=O)NC1CCCCC1)[C@@H]1CCS(=O)(=O)C1. The number of carbonyl (C=O) groups is 1. The summed E-state index contributed by atoms with van der Waals surface area (Å²) in [6.07, 6.45) is 6.54. The summed E-state index contributed by atoms with van der Waals surface area (Å²) in [5.41, 5.74) is 0. The van der Waals surface area contributed by atoms with Crippen LogP contribution in [0.2, 0.25) is 0 Å². The average molecular weight is 289 g/mol. The molecule has 0 bridgehead atoms. The number of sulfone groups is 1. The number of nitrogens with one attached hydrogen (secondary N) is 2. The van der Waals surface area contributed by atoms with E-state index in [1.165, 1.54) is 19.3 Å². The minimum Gasteiger partial charge on any atom is -0.348 e. The van der Waals surface area contributed by atoms with Crippen molar-refractivity contribution in [3.8, 4) is 0 Å². The van der Waals surface area contributed by atoms with Crippen molar-refractivity contribution in [2.24, 2.45) is 0 Å². The Morgan fingerprint density at radius 3 is 2.47 bits per heavy atom. The molecule has 2 N–H and O–H groups in total. The van der Waals surface area contributed by atoms with Crippen molar-refractivity contribution in [3.63, 3.8) is 0 Å². The molecular weight excluding hydrogens is 264 g/mol. The second-order valence-corrected chi connectivity index (χ2v) is 8.25. The van der Waals surface area contributed by atoms with Crippen molar-refractivity contribution < 1.29 is 18.1 Å². The zero-order valence-corrected chi connectivity index (χ0v) is 12.5. The summed E-state index contributed by atoms with van der Waals surface area (Å²) in [4.78, 5) is 13.0. The second kappa shape index (κ2) is 6.22. The maximum absolute atomic E-state index is 12.0. The lowest BCUT2D eigenvalue weighted by Gasteiger charge is -2.24. The molecule has 1 aliphatic carbocycles. The first-order valence-electron chi connectivity index (χ1n) is 7.28. The van der Waals surface area contributed by atoms with Gasteiger partial charge in [-0.25, -0.2) is 8.42 Å². The Balaban J connectivity index is 1.75. The van der Waals surface area contributed by atoms with Crippen molar-refractivity contribution in [1.29, 1.82) is 0 Å². The molecule has 2 aliphatic rings. The van der Waals surface area contributed by atoms with E-state index in [0.717, 1.165) is 17.7 Å². The molecule has 0 aromatic carbocycles. The fraction of sp³-hybridized carbons (Fsp3) is 0.923. The van der Waals surface area contributed by atoms with Gasteiger partial charge in [0.1, 0.15) is 11.8 Å². The Kier molecular flexibility index (Phi) is 4.84. The first kappa shape index (κ1) is 14.8. The van der Waals surface area contributed by atoms with Crippen LogP contribution in [0, 0.1) is 0 Å². The largest absolute Gasteiger partial charge is 0.348 e. The summed E-state index contributed by atoms with van der Waals surface area (Å²) in [5.74, 6) is 0.572. The van der Waals surface area contributed by atoms with Crippen LogP contribution in [0.15, 0.2) is 0 Å². The number of hydrogen-bond donors (Lipinski definition) is 2. The Morgan fingerprint density at radius 1 is 1.21 bits per heavy atom. The Bertz CT molecular complexity index is 416. The number of carbonyl (C=O) groups excluding carboxylic acids is 1. The summed E-state index contributed by atoms with van der Waals surface area (Å²) in [5, 5.41) is 3.08. The van der Waals surface area contributed by atoms with Gasteiger partial charge in [0.05, 0.1) is 12.8 Å². The zero-order valence-electron chi connectivity index (χ0n) is 11.7. The molecule has 1 saturated heterocycles. The molecule has 2 atom stereocenters. The van der Waals surface area contributed by atoms with Crippen LogP contribution < -0.4 is 10.2 Å². The fourth-order valence-corrected chi connectivity index (χ4v) is 4.98. The van der Waals surface area contributed by atoms with E-state index in [0.29, 0.717) is 19.0 Å². The van der Waals surface area contributed by atoms with Crippen molar-refractivity contribution >= 4 is 15.7 Å². The van der Waals surface area contributed by atoms with Crippen LogP contribution in [-0.4, -0.2) is 51.5 Å². The molecule has 1 amide bonds. The summed E-state index contributed by atoms with van der Waals surface area (Å²) in [7, 11) is -0.933. The van der Waals surface area contributed by atoms with E-state index in [2.05, 4.69) is 5.32 Å². The normalized spacial score (nSPS) is 29.0. The second-order valence-electron chi connectivity index (χ2n) is 6.03. The molecule has 2 fully saturated rings. The van der Waals surface area contributed by atoms with Gasteiger partial charge in [-0.15, -0.1) is 0 Å². The van der Waals surface area contributed by atoms with Crippen LogP contribution in [0.4, 0.5) is 0 Å². The number of hydrogen-bond acceptors (Lipinski definition) is 3. The van der Waals surface area contributed by atoms with Crippen molar-refractivity contribution in [1.82, 2.24) is 5.32 Å². The van der Waals surface area contributed by atoms with Gasteiger partial charge < -0.3 is 10.2 Å². The van der Waals surface area contributed by atoms with E-state index >= 15 is 0 Å². The first-order chi connectivity index (χ1) is 8.96. The molecule has 5 nitrogen and oxygen atoms in total. The Labute approximate surface area is 115 Å². The van der Waals surface area contributed by atoms with Gasteiger partial charge in [-0.3, -0.25) is 4.79 Å².